The lowest BCUT2D eigenvalue weighted by atomic mass is 10.2. The summed E-state index contributed by atoms with van der Waals surface area (Å²) in [7, 11) is -4.04. The molecule has 0 bridgehead atoms. The number of rotatable bonds is 5. The van der Waals surface area contributed by atoms with Crippen LogP contribution in [0.2, 0.25) is 0 Å². The van der Waals surface area contributed by atoms with E-state index in [1.807, 2.05) is 37.3 Å². The minimum Gasteiger partial charge on any atom is -0.443 e. The van der Waals surface area contributed by atoms with Crippen molar-refractivity contribution in [1.82, 2.24) is 4.31 Å². The van der Waals surface area contributed by atoms with E-state index in [1.165, 1.54) is 12.1 Å². The standard InChI is InChI=1S/C21H25NO4S/c1-17-12-14-19(15-13-17)27(24,25)22(20(23)26-21(2,3)4)16-8-11-18-9-6-5-7-10-18/h5-15H,16H2,1-4H3/b11-8+. The summed E-state index contributed by atoms with van der Waals surface area (Å²) in [6.07, 6.45) is 2.49. The number of amides is 1. The highest BCUT2D eigenvalue weighted by Crippen LogP contribution is 2.20. The summed E-state index contributed by atoms with van der Waals surface area (Å²) < 4.78 is 32.1. The zero-order chi connectivity index (χ0) is 20.1. The minimum atomic E-state index is -4.04. The first kappa shape index (κ1) is 20.7. The van der Waals surface area contributed by atoms with Gasteiger partial charge in [0.25, 0.3) is 10.0 Å². The quantitative estimate of drug-likeness (QED) is 0.750. The van der Waals surface area contributed by atoms with Crippen LogP contribution in [0.15, 0.2) is 65.6 Å². The summed E-state index contributed by atoms with van der Waals surface area (Å²) in [6.45, 7) is 6.83. The maximum absolute atomic E-state index is 13.0. The maximum atomic E-state index is 13.0. The molecule has 0 aliphatic carbocycles. The van der Waals surface area contributed by atoms with Crippen LogP contribution in [0.5, 0.6) is 0 Å². The van der Waals surface area contributed by atoms with Crippen LogP contribution in [0, 0.1) is 6.92 Å². The second kappa shape index (κ2) is 8.39. The smallest absolute Gasteiger partial charge is 0.424 e. The summed E-state index contributed by atoms with van der Waals surface area (Å²) in [5.74, 6) is 0. The molecule has 0 aliphatic rings. The number of carbonyl (C=O) groups excluding carboxylic acids is 1. The summed E-state index contributed by atoms with van der Waals surface area (Å²) >= 11 is 0. The average molecular weight is 388 g/mol. The number of hydrogen-bond donors (Lipinski definition) is 0. The van der Waals surface area contributed by atoms with Crippen LogP contribution in [-0.4, -0.2) is 31.0 Å². The van der Waals surface area contributed by atoms with Gasteiger partial charge in [0, 0.05) is 0 Å². The summed E-state index contributed by atoms with van der Waals surface area (Å²) in [5, 5.41) is 0. The van der Waals surface area contributed by atoms with E-state index in [0.29, 0.717) is 0 Å². The fourth-order valence-corrected chi connectivity index (χ4v) is 3.52. The van der Waals surface area contributed by atoms with Gasteiger partial charge >= 0.3 is 6.09 Å². The van der Waals surface area contributed by atoms with E-state index in [4.69, 9.17) is 4.74 Å². The number of benzene rings is 2. The zero-order valence-electron chi connectivity index (χ0n) is 16.0. The Kier molecular flexibility index (Phi) is 6.44. The molecular weight excluding hydrogens is 362 g/mol. The van der Waals surface area contributed by atoms with Crippen LogP contribution in [0.3, 0.4) is 0 Å². The van der Waals surface area contributed by atoms with Crippen molar-refractivity contribution in [2.45, 2.75) is 38.2 Å². The molecule has 5 nitrogen and oxygen atoms in total. The Morgan fingerprint density at radius 3 is 2.19 bits per heavy atom. The number of hydrogen-bond acceptors (Lipinski definition) is 4. The van der Waals surface area contributed by atoms with Crippen molar-refractivity contribution in [3.05, 3.63) is 71.8 Å². The first-order chi connectivity index (χ1) is 12.6. The predicted octanol–water partition coefficient (Wildman–Crippen LogP) is 4.63. The monoisotopic (exact) mass is 387 g/mol. The SMILES string of the molecule is Cc1ccc(S(=O)(=O)N(C/C=C/c2ccccc2)C(=O)OC(C)(C)C)cc1. The Labute approximate surface area is 161 Å². The number of aryl methyl sites for hydroxylation is 1. The zero-order valence-corrected chi connectivity index (χ0v) is 16.9. The summed E-state index contributed by atoms with van der Waals surface area (Å²) in [6, 6.07) is 15.8. The first-order valence-corrected chi connectivity index (χ1v) is 10.1. The predicted molar refractivity (Wildman–Crippen MR) is 107 cm³/mol. The number of ether oxygens (including phenoxy) is 1. The maximum Gasteiger partial charge on any atom is 0.424 e. The molecule has 0 N–H and O–H groups in total. The van der Waals surface area contributed by atoms with Gasteiger partial charge in [-0.1, -0.05) is 60.2 Å². The molecule has 0 heterocycles. The van der Waals surface area contributed by atoms with Gasteiger partial charge in [0.2, 0.25) is 0 Å². The summed E-state index contributed by atoms with van der Waals surface area (Å²) in [4.78, 5) is 12.6. The molecule has 144 valence electrons. The topological polar surface area (TPSA) is 63.7 Å². The van der Waals surface area contributed by atoms with Gasteiger partial charge in [-0.3, -0.25) is 0 Å². The van der Waals surface area contributed by atoms with Crippen molar-refractivity contribution in [3.8, 4) is 0 Å². The molecule has 0 spiro atoms. The van der Waals surface area contributed by atoms with Crippen molar-refractivity contribution >= 4 is 22.2 Å². The van der Waals surface area contributed by atoms with E-state index >= 15 is 0 Å². The van der Waals surface area contributed by atoms with Crippen LogP contribution in [0.1, 0.15) is 31.9 Å². The molecule has 0 unspecified atom stereocenters. The molecule has 2 aromatic rings. The highest BCUT2D eigenvalue weighted by Gasteiger charge is 2.32. The van der Waals surface area contributed by atoms with E-state index in [9.17, 15) is 13.2 Å². The van der Waals surface area contributed by atoms with E-state index in [1.54, 1.807) is 45.1 Å². The number of carbonyl (C=O) groups is 1. The highest BCUT2D eigenvalue weighted by atomic mass is 32.2. The van der Waals surface area contributed by atoms with Crippen LogP contribution in [0.25, 0.3) is 6.08 Å². The Morgan fingerprint density at radius 2 is 1.63 bits per heavy atom. The van der Waals surface area contributed by atoms with E-state index in [-0.39, 0.29) is 11.4 Å². The minimum absolute atomic E-state index is 0.0482. The molecule has 0 saturated carbocycles. The second-order valence-electron chi connectivity index (χ2n) is 7.14. The molecular formula is C21H25NO4S. The fraction of sp³-hybridized carbons (Fsp3) is 0.286. The number of sulfonamides is 1. The van der Waals surface area contributed by atoms with Gasteiger partial charge in [-0.25, -0.2) is 13.2 Å². The van der Waals surface area contributed by atoms with Crippen LogP contribution in [-0.2, 0) is 14.8 Å². The lowest BCUT2D eigenvalue weighted by Gasteiger charge is -2.26. The molecule has 0 radical (unpaired) electrons. The molecule has 0 aromatic heterocycles. The Bertz CT molecular complexity index is 895. The first-order valence-electron chi connectivity index (χ1n) is 8.63. The van der Waals surface area contributed by atoms with Gasteiger partial charge in [-0.2, -0.15) is 4.31 Å². The molecule has 6 heteroatoms. The summed E-state index contributed by atoms with van der Waals surface area (Å²) in [5.41, 5.74) is 1.04. The molecule has 0 saturated heterocycles. The third-order valence-electron chi connectivity index (χ3n) is 3.59. The van der Waals surface area contributed by atoms with Gasteiger partial charge in [-0.15, -0.1) is 0 Å². The molecule has 0 aliphatic heterocycles. The normalized spacial score (nSPS) is 12.1. The third-order valence-corrected chi connectivity index (χ3v) is 5.33. The van der Waals surface area contributed by atoms with Gasteiger partial charge in [-0.05, 0) is 45.4 Å². The average Bonchev–Trinajstić information content (AvgIpc) is 2.58. The van der Waals surface area contributed by atoms with Gasteiger partial charge in [0.05, 0.1) is 11.4 Å². The molecule has 2 rings (SSSR count). The highest BCUT2D eigenvalue weighted by molar-refractivity contribution is 7.89. The molecule has 0 atom stereocenters. The van der Waals surface area contributed by atoms with Gasteiger partial charge < -0.3 is 4.74 Å². The van der Waals surface area contributed by atoms with Crippen molar-refractivity contribution in [2.24, 2.45) is 0 Å². The van der Waals surface area contributed by atoms with Gasteiger partial charge in [0.15, 0.2) is 0 Å². The van der Waals surface area contributed by atoms with Crippen molar-refractivity contribution in [3.63, 3.8) is 0 Å². The Hall–Kier alpha value is -2.60. The third kappa shape index (κ3) is 5.96. The van der Waals surface area contributed by atoms with Crippen LogP contribution in [0.4, 0.5) is 4.79 Å². The van der Waals surface area contributed by atoms with Gasteiger partial charge in [0.1, 0.15) is 5.60 Å². The van der Waals surface area contributed by atoms with Crippen molar-refractivity contribution < 1.29 is 17.9 Å². The molecule has 27 heavy (non-hydrogen) atoms. The number of nitrogens with zero attached hydrogens (tertiary/aromatic N) is 1. The Morgan fingerprint density at radius 1 is 1.04 bits per heavy atom. The molecule has 1 amide bonds. The largest absolute Gasteiger partial charge is 0.443 e. The van der Waals surface area contributed by atoms with Crippen LogP contribution >= 0.6 is 0 Å². The van der Waals surface area contributed by atoms with Crippen molar-refractivity contribution in [2.75, 3.05) is 6.54 Å². The van der Waals surface area contributed by atoms with E-state index in [0.717, 1.165) is 15.4 Å². The van der Waals surface area contributed by atoms with E-state index < -0.39 is 21.7 Å². The van der Waals surface area contributed by atoms with Crippen LogP contribution < -0.4 is 0 Å². The lowest BCUT2D eigenvalue weighted by Crippen LogP contribution is -2.40. The van der Waals surface area contributed by atoms with Crippen molar-refractivity contribution in [1.29, 1.82) is 0 Å². The lowest BCUT2D eigenvalue weighted by molar-refractivity contribution is 0.0404. The second-order valence-corrected chi connectivity index (χ2v) is 9.00. The van der Waals surface area contributed by atoms with E-state index in [2.05, 4.69) is 0 Å². The fourth-order valence-electron chi connectivity index (χ4n) is 2.27. The Balaban J connectivity index is 2.32. The molecule has 2 aromatic carbocycles. The molecule has 0 fully saturated rings.